The second kappa shape index (κ2) is 10.7. The molecule has 2 aromatic rings. The van der Waals surface area contributed by atoms with Crippen LogP contribution in [0.15, 0.2) is 48.5 Å². The molecule has 2 N–H and O–H groups in total. The third kappa shape index (κ3) is 5.21. The topological polar surface area (TPSA) is 114 Å². The van der Waals surface area contributed by atoms with Crippen LogP contribution in [-0.2, 0) is 23.8 Å². The Balaban J connectivity index is 1.34. The van der Waals surface area contributed by atoms with Crippen molar-refractivity contribution in [1.82, 2.24) is 10.2 Å². The smallest absolute Gasteiger partial charge is 0.407 e. The molecule has 0 spiro atoms. The van der Waals surface area contributed by atoms with Crippen LogP contribution in [0.2, 0.25) is 0 Å². The minimum atomic E-state index is -1.21. The highest BCUT2D eigenvalue weighted by molar-refractivity contribution is 5.90. The molecule has 1 heterocycles. The first-order chi connectivity index (χ1) is 16.5. The van der Waals surface area contributed by atoms with Gasteiger partial charge in [0.05, 0.1) is 25.7 Å². The molecular weight excluding hydrogens is 440 g/mol. The molecule has 1 fully saturated rings. The van der Waals surface area contributed by atoms with Gasteiger partial charge in [-0.1, -0.05) is 48.5 Å². The van der Waals surface area contributed by atoms with Gasteiger partial charge in [0.1, 0.15) is 12.6 Å². The Morgan fingerprint density at radius 3 is 2.24 bits per heavy atom. The molecule has 1 aliphatic carbocycles. The van der Waals surface area contributed by atoms with Gasteiger partial charge in [0.15, 0.2) is 0 Å². The third-order valence-corrected chi connectivity index (χ3v) is 6.11. The molecule has 4 rings (SSSR count). The summed E-state index contributed by atoms with van der Waals surface area (Å²) in [5.41, 5.74) is 4.33. The molecule has 1 unspecified atom stereocenters. The quantitative estimate of drug-likeness (QED) is 0.514. The molecule has 2 aromatic carbocycles. The van der Waals surface area contributed by atoms with Crippen molar-refractivity contribution >= 4 is 18.0 Å². The van der Waals surface area contributed by atoms with Gasteiger partial charge >= 0.3 is 12.1 Å². The van der Waals surface area contributed by atoms with Gasteiger partial charge in [0, 0.05) is 26.1 Å². The third-order valence-electron chi connectivity index (χ3n) is 6.11. The fraction of sp³-hybridized carbons (Fsp3) is 0.400. The first-order valence-electron chi connectivity index (χ1n) is 11.2. The van der Waals surface area contributed by atoms with E-state index in [1.54, 1.807) is 7.11 Å². The van der Waals surface area contributed by atoms with Crippen molar-refractivity contribution in [2.45, 2.75) is 24.5 Å². The van der Waals surface area contributed by atoms with Crippen molar-refractivity contribution < 1.29 is 33.7 Å². The van der Waals surface area contributed by atoms with E-state index in [9.17, 15) is 19.5 Å². The summed E-state index contributed by atoms with van der Waals surface area (Å²) in [4.78, 5) is 38.1. The van der Waals surface area contributed by atoms with E-state index in [-0.39, 0.29) is 18.6 Å². The first-order valence-corrected chi connectivity index (χ1v) is 11.2. The van der Waals surface area contributed by atoms with E-state index in [0.717, 1.165) is 22.3 Å². The van der Waals surface area contributed by atoms with E-state index in [1.165, 1.54) is 4.90 Å². The fourth-order valence-electron chi connectivity index (χ4n) is 4.40. The van der Waals surface area contributed by atoms with Crippen LogP contribution in [0.25, 0.3) is 11.1 Å². The van der Waals surface area contributed by atoms with Crippen molar-refractivity contribution in [2.24, 2.45) is 0 Å². The van der Waals surface area contributed by atoms with Crippen LogP contribution in [0, 0.1) is 0 Å². The van der Waals surface area contributed by atoms with Crippen LogP contribution < -0.4 is 5.32 Å². The highest BCUT2D eigenvalue weighted by Crippen LogP contribution is 2.44. The maximum absolute atomic E-state index is 12.8. The van der Waals surface area contributed by atoms with Gasteiger partial charge in [-0.15, -0.1) is 0 Å². The van der Waals surface area contributed by atoms with Gasteiger partial charge in [-0.25, -0.2) is 4.79 Å². The SMILES string of the molecule is COCCOC1CN(C(=O)C(CC(=O)O)NC(=O)OCC2c3ccccc3-c3ccccc32)C1. The lowest BCUT2D eigenvalue weighted by atomic mass is 9.98. The predicted octanol–water partition coefficient (Wildman–Crippen LogP) is 2.24. The highest BCUT2D eigenvalue weighted by Gasteiger charge is 2.37. The van der Waals surface area contributed by atoms with Gasteiger partial charge < -0.3 is 29.5 Å². The number of methoxy groups -OCH3 is 1. The molecule has 34 heavy (non-hydrogen) atoms. The summed E-state index contributed by atoms with van der Waals surface area (Å²) in [6.45, 7) is 1.62. The summed E-state index contributed by atoms with van der Waals surface area (Å²) in [6, 6.07) is 14.7. The van der Waals surface area contributed by atoms with Crippen molar-refractivity contribution in [1.29, 1.82) is 0 Å². The van der Waals surface area contributed by atoms with Gasteiger partial charge in [-0.05, 0) is 22.3 Å². The van der Waals surface area contributed by atoms with Gasteiger partial charge in [-0.3, -0.25) is 9.59 Å². The van der Waals surface area contributed by atoms with Crippen molar-refractivity contribution in [3.05, 3.63) is 59.7 Å². The van der Waals surface area contributed by atoms with Gasteiger partial charge in [-0.2, -0.15) is 0 Å². The Morgan fingerprint density at radius 1 is 1.03 bits per heavy atom. The number of likely N-dealkylation sites (tertiary alicyclic amines) is 1. The highest BCUT2D eigenvalue weighted by atomic mass is 16.5. The van der Waals surface area contributed by atoms with Crippen molar-refractivity contribution in [3.8, 4) is 11.1 Å². The number of ether oxygens (including phenoxy) is 3. The number of benzene rings is 2. The van der Waals surface area contributed by atoms with E-state index in [4.69, 9.17) is 14.2 Å². The average molecular weight is 469 g/mol. The minimum Gasteiger partial charge on any atom is -0.481 e. The number of nitrogens with one attached hydrogen (secondary N) is 1. The van der Waals surface area contributed by atoms with Crippen molar-refractivity contribution in [3.63, 3.8) is 0 Å². The lowest BCUT2D eigenvalue weighted by Crippen LogP contribution is -2.60. The fourth-order valence-corrected chi connectivity index (χ4v) is 4.40. The molecule has 9 heteroatoms. The first kappa shape index (κ1) is 23.7. The van der Waals surface area contributed by atoms with E-state index < -0.39 is 30.4 Å². The summed E-state index contributed by atoms with van der Waals surface area (Å²) in [5, 5.41) is 11.7. The summed E-state index contributed by atoms with van der Waals surface area (Å²) in [6.07, 6.45) is -1.48. The number of rotatable bonds is 10. The molecular formula is C25H28N2O7. The number of fused-ring (bicyclic) bond motifs is 3. The monoisotopic (exact) mass is 468 g/mol. The lowest BCUT2D eigenvalue weighted by Gasteiger charge is -2.40. The second-order valence-electron chi connectivity index (χ2n) is 8.35. The Hall–Kier alpha value is -3.43. The number of nitrogens with zero attached hydrogens (tertiary/aromatic N) is 1. The molecule has 9 nitrogen and oxygen atoms in total. The number of alkyl carbamates (subject to hydrolysis) is 1. The molecule has 2 amide bonds. The number of amides is 2. The van der Waals surface area contributed by atoms with Crippen molar-refractivity contribution in [2.75, 3.05) is 40.0 Å². The van der Waals surface area contributed by atoms with Crippen LogP contribution in [0.5, 0.6) is 0 Å². The zero-order chi connectivity index (χ0) is 24.1. The molecule has 0 aromatic heterocycles. The van der Waals surface area contributed by atoms with E-state index in [0.29, 0.717) is 26.3 Å². The van der Waals surface area contributed by atoms with Crippen LogP contribution in [0.4, 0.5) is 4.79 Å². The number of carboxylic acid groups (broad SMARTS) is 1. The largest absolute Gasteiger partial charge is 0.481 e. The van der Waals surface area contributed by atoms with E-state index in [2.05, 4.69) is 5.32 Å². The lowest BCUT2D eigenvalue weighted by molar-refractivity contribution is -0.151. The second-order valence-corrected chi connectivity index (χ2v) is 8.35. The Kier molecular flexibility index (Phi) is 7.44. The standard InChI is InChI=1S/C25H28N2O7/c1-32-10-11-33-16-13-27(14-16)24(30)22(12-23(28)29)26-25(31)34-15-21-19-8-4-2-6-17(19)18-7-3-5-9-20(18)21/h2-9,16,21-22H,10-15H2,1H3,(H,26,31)(H,28,29). The molecule has 0 radical (unpaired) electrons. The van der Waals surface area contributed by atoms with E-state index in [1.807, 2.05) is 48.5 Å². The Morgan fingerprint density at radius 2 is 1.65 bits per heavy atom. The number of carbonyl (C=O) groups excluding carboxylic acids is 2. The van der Waals surface area contributed by atoms with Crippen LogP contribution in [-0.4, -0.2) is 80.1 Å². The number of aliphatic carboxylic acids is 1. The summed E-state index contributed by atoms with van der Waals surface area (Å²) in [5.74, 6) is -1.79. The number of hydrogen-bond acceptors (Lipinski definition) is 6. The van der Waals surface area contributed by atoms with Crippen LogP contribution in [0.1, 0.15) is 23.5 Å². The Bertz CT molecular complexity index is 1010. The van der Waals surface area contributed by atoms with Crippen LogP contribution >= 0.6 is 0 Å². The summed E-state index contributed by atoms with van der Waals surface area (Å²) in [7, 11) is 1.57. The number of hydrogen-bond donors (Lipinski definition) is 2. The molecule has 2 aliphatic rings. The Labute approximate surface area is 197 Å². The summed E-state index contributed by atoms with van der Waals surface area (Å²) >= 11 is 0. The van der Waals surface area contributed by atoms with Crippen LogP contribution in [0.3, 0.4) is 0 Å². The maximum Gasteiger partial charge on any atom is 0.407 e. The molecule has 0 saturated carbocycles. The maximum atomic E-state index is 12.8. The molecule has 1 atom stereocenters. The summed E-state index contributed by atoms with van der Waals surface area (Å²) < 4.78 is 15.9. The minimum absolute atomic E-state index is 0.0764. The number of carbonyl (C=O) groups is 3. The average Bonchev–Trinajstić information content (AvgIpc) is 3.12. The normalized spacial score (nSPS) is 15.7. The molecule has 1 saturated heterocycles. The molecule has 180 valence electrons. The van der Waals surface area contributed by atoms with E-state index >= 15 is 0 Å². The predicted molar refractivity (Wildman–Crippen MR) is 122 cm³/mol. The molecule has 1 aliphatic heterocycles. The number of carboxylic acids is 1. The van der Waals surface area contributed by atoms with Gasteiger partial charge in [0.25, 0.3) is 0 Å². The zero-order valence-electron chi connectivity index (χ0n) is 18.9. The zero-order valence-corrected chi connectivity index (χ0v) is 18.9. The van der Waals surface area contributed by atoms with Gasteiger partial charge in [0.2, 0.25) is 5.91 Å². The molecule has 0 bridgehead atoms.